The largest absolute Gasteiger partial charge is 0.497 e. The van der Waals surface area contributed by atoms with Gasteiger partial charge in [-0.1, -0.05) is 31.4 Å². The first-order valence-electron chi connectivity index (χ1n) is 6.80. The van der Waals surface area contributed by atoms with Gasteiger partial charge in [0.1, 0.15) is 11.5 Å². The molecule has 0 N–H and O–H groups in total. The Labute approximate surface area is 109 Å². The van der Waals surface area contributed by atoms with E-state index in [9.17, 15) is 4.79 Å². The van der Waals surface area contributed by atoms with Crippen LogP contribution in [0.4, 0.5) is 0 Å². The van der Waals surface area contributed by atoms with Gasteiger partial charge >= 0.3 is 0 Å². The van der Waals surface area contributed by atoms with Crippen LogP contribution in [-0.4, -0.2) is 12.9 Å². The first kappa shape index (κ1) is 13.1. The quantitative estimate of drug-likeness (QED) is 0.806. The molecule has 0 radical (unpaired) electrons. The lowest BCUT2D eigenvalue weighted by Gasteiger charge is -2.37. The fourth-order valence-electron chi connectivity index (χ4n) is 3.22. The smallest absolute Gasteiger partial charge is 0.130 e. The molecule has 0 heterocycles. The van der Waals surface area contributed by atoms with Gasteiger partial charge in [0, 0.05) is 11.8 Å². The average molecular weight is 246 g/mol. The van der Waals surface area contributed by atoms with E-state index in [1.54, 1.807) is 14.0 Å². The Hall–Kier alpha value is -1.31. The van der Waals surface area contributed by atoms with Crippen LogP contribution in [0.2, 0.25) is 0 Å². The van der Waals surface area contributed by atoms with E-state index in [1.165, 1.54) is 24.8 Å². The van der Waals surface area contributed by atoms with Gasteiger partial charge < -0.3 is 4.74 Å². The molecule has 1 fully saturated rings. The van der Waals surface area contributed by atoms with Crippen LogP contribution in [0.5, 0.6) is 5.75 Å². The van der Waals surface area contributed by atoms with Gasteiger partial charge in [-0.15, -0.1) is 0 Å². The van der Waals surface area contributed by atoms with Gasteiger partial charge in [0.2, 0.25) is 0 Å². The third kappa shape index (κ3) is 2.74. The Morgan fingerprint density at radius 2 is 1.78 bits per heavy atom. The van der Waals surface area contributed by atoms with Gasteiger partial charge in [-0.3, -0.25) is 4.79 Å². The van der Waals surface area contributed by atoms with Crippen LogP contribution >= 0.6 is 0 Å². The molecule has 2 heteroatoms. The fraction of sp³-hybridized carbons (Fsp3) is 0.562. The molecule has 1 aromatic rings. The Bertz CT molecular complexity index is 400. The molecule has 0 aromatic heterocycles. The highest BCUT2D eigenvalue weighted by molar-refractivity contribution is 5.77. The van der Waals surface area contributed by atoms with Gasteiger partial charge in [0.15, 0.2) is 0 Å². The number of rotatable bonds is 4. The van der Waals surface area contributed by atoms with Crippen molar-refractivity contribution in [2.45, 2.75) is 50.9 Å². The molecular weight excluding hydrogens is 224 g/mol. The van der Waals surface area contributed by atoms with E-state index in [0.717, 1.165) is 18.6 Å². The van der Waals surface area contributed by atoms with E-state index in [4.69, 9.17) is 4.74 Å². The van der Waals surface area contributed by atoms with Gasteiger partial charge in [0.25, 0.3) is 0 Å². The lowest BCUT2D eigenvalue weighted by Crippen LogP contribution is -2.31. The molecule has 0 atom stereocenters. The summed E-state index contributed by atoms with van der Waals surface area (Å²) in [5.74, 6) is 1.18. The zero-order valence-corrected chi connectivity index (χ0v) is 11.4. The molecule has 0 bridgehead atoms. The zero-order valence-electron chi connectivity index (χ0n) is 11.4. The minimum absolute atomic E-state index is 0.0797. The summed E-state index contributed by atoms with van der Waals surface area (Å²) in [6.45, 7) is 1.71. The number of benzene rings is 1. The lowest BCUT2D eigenvalue weighted by atomic mass is 9.67. The van der Waals surface area contributed by atoms with Gasteiger partial charge in [0.05, 0.1) is 7.11 Å². The summed E-state index contributed by atoms with van der Waals surface area (Å²) in [6.07, 6.45) is 6.73. The molecule has 1 aliphatic rings. The molecule has 1 aliphatic carbocycles. The minimum atomic E-state index is 0.0797. The van der Waals surface area contributed by atoms with Crippen molar-refractivity contribution in [2.75, 3.05) is 7.11 Å². The lowest BCUT2D eigenvalue weighted by molar-refractivity contribution is -0.118. The first-order valence-corrected chi connectivity index (χ1v) is 6.80. The van der Waals surface area contributed by atoms with Crippen molar-refractivity contribution < 1.29 is 9.53 Å². The van der Waals surface area contributed by atoms with Crippen molar-refractivity contribution in [3.8, 4) is 5.75 Å². The molecule has 0 amide bonds. The van der Waals surface area contributed by atoms with Gasteiger partial charge in [-0.2, -0.15) is 0 Å². The molecule has 1 saturated carbocycles. The van der Waals surface area contributed by atoms with Gasteiger partial charge in [-0.25, -0.2) is 0 Å². The molecule has 0 unspecified atom stereocenters. The highest BCUT2D eigenvalue weighted by Crippen LogP contribution is 2.42. The number of hydrogen-bond donors (Lipinski definition) is 0. The molecule has 2 nitrogen and oxygen atoms in total. The van der Waals surface area contributed by atoms with E-state index in [0.29, 0.717) is 12.2 Å². The maximum absolute atomic E-state index is 11.6. The van der Waals surface area contributed by atoms with Crippen molar-refractivity contribution in [3.05, 3.63) is 29.8 Å². The third-order valence-corrected chi connectivity index (χ3v) is 4.10. The molecule has 18 heavy (non-hydrogen) atoms. The second-order valence-corrected chi connectivity index (χ2v) is 5.45. The van der Waals surface area contributed by atoms with Crippen molar-refractivity contribution in [1.82, 2.24) is 0 Å². The number of ketones is 1. The van der Waals surface area contributed by atoms with E-state index < -0.39 is 0 Å². The summed E-state index contributed by atoms with van der Waals surface area (Å²) < 4.78 is 5.20. The Kier molecular flexibility index (Phi) is 4.05. The molecule has 0 saturated heterocycles. The molecule has 1 aromatic carbocycles. The maximum Gasteiger partial charge on any atom is 0.130 e. The monoisotopic (exact) mass is 246 g/mol. The van der Waals surface area contributed by atoms with E-state index in [1.807, 2.05) is 12.1 Å². The normalized spacial score (nSPS) is 18.3. The topological polar surface area (TPSA) is 26.3 Å². The highest BCUT2D eigenvalue weighted by atomic mass is 16.5. The summed E-state index contributed by atoms with van der Waals surface area (Å²) in [7, 11) is 1.68. The number of hydrogen-bond acceptors (Lipinski definition) is 2. The third-order valence-electron chi connectivity index (χ3n) is 4.10. The second-order valence-electron chi connectivity index (χ2n) is 5.45. The van der Waals surface area contributed by atoms with Crippen LogP contribution in [0.1, 0.15) is 51.0 Å². The SMILES string of the molecule is COc1ccc(C2(CC(C)=O)CCCCC2)cc1. The second kappa shape index (κ2) is 5.55. The average Bonchev–Trinajstić information content (AvgIpc) is 2.39. The van der Waals surface area contributed by atoms with E-state index in [-0.39, 0.29) is 5.41 Å². The molecule has 0 aliphatic heterocycles. The summed E-state index contributed by atoms with van der Waals surface area (Å²) >= 11 is 0. The summed E-state index contributed by atoms with van der Waals surface area (Å²) in [5, 5.41) is 0. The van der Waals surface area contributed by atoms with Crippen LogP contribution in [0.3, 0.4) is 0 Å². The maximum atomic E-state index is 11.6. The molecule has 98 valence electrons. The number of methoxy groups -OCH3 is 1. The van der Waals surface area contributed by atoms with Gasteiger partial charge in [-0.05, 0) is 37.5 Å². The molecule has 2 rings (SSSR count). The van der Waals surface area contributed by atoms with Crippen LogP contribution in [-0.2, 0) is 10.2 Å². The first-order chi connectivity index (χ1) is 8.66. The van der Waals surface area contributed by atoms with E-state index in [2.05, 4.69) is 12.1 Å². The Morgan fingerprint density at radius 3 is 2.28 bits per heavy atom. The van der Waals surface area contributed by atoms with Crippen LogP contribution in [0.25, 0.3) is 0 Å². The minimum Gasteiger partial charge on any atom is -0.497 e. The number of carbonyl (C=O) groups is 1. The predicted molar refractivity (Wildman–Crippen MR) is 73.1 cm³/mol. The highest BCUT2D eigenvalue weighted by Gasteiger charge is 2.34. The zero-order chi connectivity index (χ0) is 13.0. The standard InChI is InChI=1S/C16H22O2/c1-13(17)12-16(10-4-3-5-11-16)14-6-8-15(18-2)9-7-14/h6-9H,3-5,10-12H2,1-2H3. The summed E-state index contributed by atoms with van der Waals surface area (Å²) in [5.41, 5.74) is 1.38. The van der Waals surface area contributed by atoms with Crippen molar-refractivity contribution in [2.24, 2.45) is 0 Å². The van der Waals surface area contributed by atoms with Crippen molar-refractivity contribution >= 4 is 5.78 Å². The number of carbonyl (C=O) groups excluding carboxylic acids is 1. The van der Waals surface area contributed by atoms with Crippen molar-refractivity contribution in [1.29, 1.82) is 0 Å². The van der Waals surface area contributed by atoms with Crippen molar-refractivity contribution in [3.63, 3.8) is 0 Å². The number of ether oxygens (including phenoxy) is 1. The predicted octanol–water partition coefficient (Wildman–Crippen LogP) is 3.88. The summed E-state index contributed by atoms with van der Waals surface area (Å²) in [4.78, 5) is 11.6. The summed E-state index contributed by atoms with van der Waals surface area (Å²) in [6, 6.07) is 8.28. The Morgan fingerprint density at radius 1 is 1.17 bits per heavy atom. The Balaban J connectivity index is 2.29. The van der Waals surface area contributed by atoms with E-state index >= 15 is 0 Å². The fourth-order valence-corrected chi connectivity index (χ4v) is 3.22. The van der Waals surface area contributed by atoms with Crippen LogP contribution in [0.15, 0.2) is 24.3 Å². The number of Topliss-reactive ketones (excluding diaryl/α,β-unsaturated/α-hetero) is 1. The van der Waals surface area contributed by atoms with Crippen LogP contribution < -0.4 is 4.74 Å². The van der Waals surface area contributed by atoms with Crippen LogP contribution in [0, 0.1) is 0 Å². The molecular formula is C16H22O2. The molecule has 0 spiro atoms.